The molecule has 0 aliphatic heterocycles. The van der Waals surface area contributed by atoms with Crippen molar-refractivity contribution in [3.63, 3.8) is 0 Å². The Labute approximate surface area is 90.9 Å². The molecule has 1 aromatic carbocycles. The number of anilines is 1. The topological polar surface area (TPSA) is 29.3 Å². The van der Waals surface area contributed by atoms with Gasteiger partial charge in [0.15, 0.2) is 0 Å². The molecular weight excluding hydrogens is 191 g/mol. The van der Waals surface area contributed by atoms with Gasteiger partial charge in [-0.3, -0.25) is 0 Å². The molecule has 0 aliphatic rings. The number of benzene rings is 1. The molecule has 0 spiro atoms. The third-order valence-electron chi connectivity index (χ3n) is 2.61. The molecule has 1 rings (SSSR count). The second-order valence-electron chi connectivity index (χ2n) is 4.02. The summed E-state index contributed by atoms with van der Waals surface area (Å²) in [6, 6.07) is 5.28. The Bertz CT molecular complexity index is 323. The van der Waals surface area contributed by atoms with Crippen molar-refractivity contribution in [3.8, 4) is 0 Å². The number of nitrogens with two attached hydrogens (primary N) is 1. The highest BCUT2D eigenvalue weighted by atomic mass is 19.1. The van der Waals surface area contributed by atoms with E-state index in [9.17, 15) is 4.39 Å². The average Bonchev–Trinajstić information content (AvgIpc) is 2.17. The van der Waals surface area contributed by atoms with Crippen molar-refractivity contribution in [1.29, 1.82) is 0 Å². The van der Waals surface area contributed by atoms with Gasteiger partial charge in [0, 0.05) is 18.8 Å². The lowest BCUT2D eigenvalue weighted by atomic mass is 10.1. The summed E-state index contributed by atoms with van der Waals surface area (Å²) in [6.45, 7) is 4.76. The highest BCUT2D eigenvalue weighted by Crippen LogP contribution is 2.22. The van der Waals surface area contributed by atoms with E-state index in [-0.39, 0.29) is 5.82 Å². The molecule has 84 valence electrons. The minimum atomic E-state index is -0.195. The molecule has 2 N–H and O–H groups in total. The maximum Gasteiger partial charge on any atom is 0.123 e. The average molecular weight is 210 g/mol. The fraction of sp³-hybridized carbons (Fsp3) is 0.500. The molecule has 3 heteroatoms. The van der Waals surface area contributed by atoms with Crippen molar-refractivity contribution in [2.45, 2.75) is 26.3 Å². The van der Waals surface area contributed by atoms with Gasteiger partial charge in [-0.1, -0.05) is 0 Å². The lowest BCUT2D eigenvalue weighted by Crippen LogP contribution is -2.27. The summed E-state index contributed by atoms with van der Waals surface area (Å²) in [5, 5.41) is 0. The van der Waals surface area contributed by atoms with Gasteiger partial charge in [0.2, 0.25) is 0 Å². The molecule has 0 radical (unpaired) electrons. The molecule has 1 aromatic rings. The van der Waals surface area contributed by atoms with Gasteiger partial charge in [0.25, 0.3) is 0 Å². The van der Waals surface area contributed by atoms with Crippen molar-refractivity contribution >= 4 is 5.69 Å². The van der Waals surface area contributed by atoms with Crippen LogP contribution in [0.1, 0.15) is 19.4 Å². The van der Waals surface area contributed by atoms with Crippen LogP contribution in [0.25, 0.3) is 0 Å². The van der Waals surface area contributed by atoms with E-state index in [2.05, 4.69) is 18.7 Å². The largest absolute Gasteiger partial charge is 0.372 e. The van der Waals surface area contributed by atoms with Crippen molar-refractivity contribution in [1.82, 2.24) is 0 Å². The van der Waals surface area contributed by atoms with Gasteiger partial charge >= 0.3 is 0 Å². The maximum atomic E-state index is 13.1. The maximum absolute atomic E-state index is 13.1. The SMILES string of the molecule is CC(C)N(C)c1ccc(F)cc1CCN. The number of hydrogen-bond acceptors (Lipinski definition) is 2. The smallest absolute Gasteiger partial charge is 0.123 e. The monoisotopic (exact) mass is 210 g/mol. The highest BCUT2D eigenvalue weighted by molar-refractivity contribution is 5.54. The first-order valence-electron chi connectivity index (χ1n) is 5.27. The van der Waals surface area contributed by atoms with E-state index in [4.69, 9.17) is 5.73 Å². The van der Waals surface area contributed by atoms with E-state index in [0.717, 1.165) is 11.3 Å². The molecule has 2 nitrogen and oxygen atoms in total. The van der Waals surface area contributed by atoms with Gasteiger partial charge in [-0.2, -0.15) is 0 Å². The van der Waals surface area contributed by atoms with Crippen molar-refractivity contribution in [3.05, 3.63) is 29.6 Å². The van der Waals surface area contributed by atoms with Crippen LogP contribution in [0.3, 0.4) is 0 Å². The summed E-state index contributed by atoms with van der Waals surface area (Å²) in [4.78, 5) is 2.13. The summed E-state index contributed by atoms with van der Waals surface area (Å²) < 4.78 is 13.1. The first kappa shape index (κ1) is 12.0. The molecule has 0 atom stereocenters. The van der Waals surface area contributed by atoms with Crippen LogP contribution in [0, 0.1) is 5.82 Å². The zero-order valence-electron chi connectivity index (χ0n) is 9.63. The minimum absolute atomic E-state index is 0.195. The predicted octanol–water partition coefficient (Wildman–Crippen LogP) is 2.17. The second-order valence-corrected chi connectivity index (χ2v) is 4.02. The molecule has 0 amide bonds. The summed E-state index contributed by atoms with van der Waals surface area (Å²) in [5.41, 5.74) is 7.56. The Morgan fingerprint density at radius 2 is 2.07 bits per heavy atom. The van der Waals surface area contributed by atoms with E-state index >= 15 is 0 Å². The van der Waals surface area contributed by atoms with Crippen LogP contribution in [0.15, 0.2) is 18.2 Å². The number of halogens is 1. The van der Waals surface area contributed by atoms with E-state index in [1.54, 1.807) is 6.07 Å². The summed E-state index contributed by atoms with van der Waals surface area (Å²) in [6.07, 6.45) is 0.712. The predicted molar refractivity (Wildman–Crippen MR) is 62.7 cm³/mol. The second kappa shape index (κ2) is 5.12. The first-order valence-corrected chi connectivity index (χ1v) is 5.27. The van der Waals surface area contributed by atoms with Crippen LogP contribution in [0.5, 0.6) is 0 Å². The first-order chi connectivity index (χ1) is 7.06. The van der Waals surface area contributed by atoms with Crippen LogP contribution >= 0.6 is 0 Å². The van der Waals surface area contributed by atoms with E-state index in [1.807, 2.05) is 13.1 Å². The third-order valence-corrected chi connectivity index (χ3v) is 2.61. The van der Waals surface area contributed by atoms with Crippen LogP contribution in [-0.2, 0) is 6.42 Å². The molecule has 0 bridgehead atoms. The van der Waals surface area contributed by atoms with Gasteiger partial charge in [-0.15, -0.1) is 0 Å². The normalized spacial score (nSPS) is 10.8. The van der Waals surface area contributed by atoms with Gasteiger partial charge in [0.1, 0.15) is 5.82 Å². The van der Waals surface area contributed by atoms with Gasteiger partial charge in [0.05, 0.1) is 0 Å². The molecule has 0 saturated heterocycles. The molecule has 0 fully saturated rings. The molecule has 0 saturated carbocycles. The van der Waals surface area contributed by atoms with Crippen molar-refractivity contribution in [2.24, 2.45) is 5.73 Å². The Morgan fingerprint density at radius 3 is 2.60 bits per heavy atom. The van der Waals surface area contributed by atoms with Crippen LogP contribution in [-0.4, -0.2) is 19.6 Å². The highest BCUT2D eigenvalue weighted by Gasteiger charge is 2.10. The Kier molecular flexibility index (Phi) is 4.09. The quantitative estimate of drug-likeness (QED) is 0.825. The van der Waals surface area contributed by atoms with Crippen LogP contribution in [0.4, 0.5) is 10.1 Å². The molecule has 0 heterocycles. The Morgan fingerprint density at radius 1 is 1.40 bits per heavy atom. The Balaban J connectivity index is 3.04. The number of hydrogen-bond donors (Lipinski definition) is 1. The Hall–Kier alpha value is -1.09. The van der Waals surface area contributed by atoms with Crippen molar-refractivity contribution < 1.29 is 4.39 Å². The van der Waals surface area contributed by atoms with Gasteiger partial charge in [-0.25, -0.2) is 4.39 Å². The third kappa shape index (κ3) is 2.93. The van der Waals surface area contributed by atoms with E-state index in [1.165, 1.54) is 6.07 Å². The van der Waals surface area contributed by atoms with Gasteiger partial charge in [-0.05, 0) is 50.6 Å². The fourth-order valence-corrected chi connectivity index (χ4v) is 1.53. The van der Waals surface area contributed by atoms with E-state index in [0.29, 0.717) is 19.0 Å². The van der Waals surface area contributed by atoms with Crippen LogP contribution in [0.2, 0.25) is 0 Å². The molecule has 0 aliphatic carbocycles. The standard InChI is InChI=1S/C12H19FN2/c1-9(2)15(3)12-5-4-11(13)8-10(12)6-7-14/h4-5,8-9H,6-7,14H2,1-3H3. The molecule has 0 unspecified atom stereocenters. The van der Waals surface area contributed by atoms with Crippen LogP contribution < -0.4 is 10.6 Å². The lowest BCUT2D eigenvalue weighted by Gasteiger charge is -2.26. The van der Waals surface area contributed by atoms with E-state index < -0.39 is 0 Å². The number of nitrogens with zero attached hydrogens (tertiary/aromatic N) is 1. The molecule has 0 aromatic heterocycles. The summed E-state index contributed by atoms with van der Waals surface area (Å²) in [7, 11) is 2.01. The molecular formula is C12H19FN2. The van der Waals surface area contributed by atoms with Crippen molar-refractivity contribution in [2.75, 3.05) is 18.5 Å². The van der Waals surface area contributed by atoms with Gasteiger partial charge < -0.3 is 10.6 Å². The summed E-state index contributed by atoms with van der Waals surface area (Å²) >= 11 is 0. The lowest BCUT2D eigenvalue weighted by molar-refractivity contribution is 0.624. The zero-order chi connectivity index (χ0) is 11.4. The molecule has 15 heavy (non-hydrogen) atoms. The fourth-order valence-electron chi connectivity index (χ4n) is 1.53. The minimum Gasteiger partial charge on any atom is -0.372 e. The summed E-state index contributed by atoms with van der Waals surface area (Å²) in [5.74, 6) is -0.195. The zero-order valence-corrected chi connectivity index (χ0v) is 9.63. The number of rotatable bonds is 4.